The first kappa shape index (κ1) is 12.7. The van der Waals surface area contributed by atoms with Crippen LogP contribution in [0.15, 0.2) is 28.7 Å². The summed E-state index contributed by atoms with van der Waals surface area (Å²) >= 11 is 11.5. The predicted octanol–water partition coefficient (Wildman–Crippen LogP) is 3.59. The van der Waals surface area contributed by atoms with Crippen LogP contribution < -0.4 is 4.74 Å². The second-order valence-electron chi connectivity index (χ2n) is 3.65. The Hall–Kier alpha value is -2.36. The number of nitriles is 1. The molecule has 8 heteroatoms. The molecule has 0 bridgehead atoms. The summed E-state index contributed by atoms with van der Waals surface area (Å²) in [7, 11) is 0. The second kappa shape index (κ2) is 4.96. The van der Waals surface area contributed by atoms with Crippen molar-refractivity contribution >= 4 is 34.2 Å². The second-order valence-corrected chi connectivity index (χ2v) is 4.34. The molecule has 98 valence electrons. The van der Waals surface area contributed by atoms with Crippen molar-refractivity contribution in [3.05, 3.63) is 40.5 Å². The molecule has 0 amide bonds. The van der Waals surface area contributed by atoms with Crippen LogP contribution in [-0.2, 0) is 0 Å². The SMILES string of the molecule is N#Cc1oc2ccccc2c1Oc1nc(Cl)nnc1Cl. The highest BCUT2D eigenvalue weighted by atomic mass is 35.5. The van der Waals surface area contributed by atoms with Gasteiger partial charge >= 0.3 is 0 Å². The van der Waals surface area contributed by atoms with Crippen molar-refractivity contribution in [3.63, 3.8) is 0 Å². The van der Waals surface area contributed by atoms with Crippen molar-refractivity contribution in [1.82, 2.24) is 15.2 Å². The van der Waals surface area contributed by atoms with E-state index >= 15 is 0 Å². The highest BCUT2D eigenvalue weighted by molar-refractivity contribution is 6.31. The Balaban J connectivity index is 2.15. The van der Waals surface area contributed by atoms with E-state index in [0.29, 0.717) is 11.0 Å². The molecule has 0 spiro atoms. The maximum absolute atomic E-state index is 9.09. The van der Waals surface area contributed by atoms with Crippen LogP contribution in [0.5, 0.6) is 11.6 Å². The summed E-state index contributed by atoms with van der Waals surface area (Å²) in [4.78, 5) is 3.82. The molecule has 0 atom stereocenters. The van der Waals surface area contributed by atoms with E-state index in [-0.39, 0.29) is 27.8 Å². The zero-order valence-corrected chi connectivity index (χ0v) is 11.2. The van der Waals surface area contributed by atoms with Gasteiger partial charge in [0.1, 0.15) is 11.7 Å². The Labute approximate surface area is 122 Å². The largest absolute Gasteiger partial charge is 0.442 e. The summed E-state index contributed by atoms with van der Waals surface area (Å²) in [6.07, 6.45) is 0. The molecule has 0 radical (unpaired) electrons. The maximum Gasteiger partial charge on any atom is 0.262 e. The zero-order chi connectivity index (χ0) is 14.1. The molecule has 0 unspecified atom stereocenters. The lowest BCUT2D eigenvalue weighted by atomic mass is 10.2. The molecule has 0 fully saturated rings. The Morgan fingerprint density at radius 2 is 2.00 bits per heavy atom. The van der Waals surface area contributed by atoms with E-state index in [1.54, 1.807) is 24.3 Å². The molecular formula is C12H4Cl2N4O2. The average molecular weight is 307 g/mol. The number of furan rings is 1. The van der Waals surface area contributed by atoms with E-state index in [4.69, 9.17) is 37.6 Å². The van der Waals surface area contributed by atoms with Gasteiger partial charge in [0, 0.05) is 0 Å². The van der Waals surface area contributed by atoms with E-state index in [0.717, 1.165) is 0 Å². The third-order valence-corrected chi connectivity index (χ3v) is 2.84. The van der Waals surface area contributed by atoms with Crippen LogP contribution in [-0.4, -0.2) is 15.2 Å². The van der Waals surface area contributed by atoms with E-state index in [1.165, 1.54) is 0 Å². The molecule has 6 nitrogen and oxygen atoms in total. The summed E-state index contributed by atoms with van der Waals surface area (Å²) in [5.74, 6) is 0.174. The number of benzene rings is 1. The third kappa shape index (κ3) is 2.13. The Morgan fingerprint density at radius 3 is 2.80 bits per heavy atom. The number of hydrogen-bond donors (Lipinski definition) is 0. The van der Waals surface area contributed by atoms with Crippen LogP contribution in [0.1, 0.15) is 5.76 Å². The molecule has 0 saturated carbocycles. The lowest BCUT2D eigenvalue weighted by molar-refractivity contribution is 0.446. The summed E-state index contributed by atoms with van der Waals surface area (Å²) in [6, 6.07) is 8.95. The molecule has 20 heavy (non-hydrogen) atoms. The van der Waals surface area contributed by atoms with Gasteiger partial charge in [-0.15, -0.1) is 10.2 Å². The Kier molecular flexibility index (Phi) is 3.14. The van der Waals surface area contributed by atoms with Crippen molar-refractivity contribution < 1.29 is 9.15 Å². The molecular weight excluding hydrogens is 303 g/mol. The lowest BCUT2D eigenvalue weighted by Crippen LogP contribution is -1.95. The van der Waals surface area contributed by atoms with Gasteiger partial charge in [0.25, 0.3) is 5.88 Å². The number of para-hydroxylation sites is 1. The van der Waals surface area contributed by atoms with Crippen LogP contribution >= 0.6 is 23.2 Å². The van der Waals surface area contributed by atoms with Crippen LogP contribution in [0.2, 0.25) is 10.4 Å². The van der Waals surface area contributed by atoms with Crippen LogP contribution in [0, 0.1) is 11.3 Å². The van der Waals surface area contributed by atoms with Gasteiger partial charge in [0.05, 0.1) is 5.39 Å². The van der Waals surface area contributed by atoms with Gasteiger partial charge in [-0.05, 0) is 23.7 Å². The fourth-order valence-corrected chi connectivity index (χ4v) is 1.87. The fraction of sp³-hybridized carbons (Fsp3) is 0. The minimum absolute atomic E-state index is 0.0111. The van der Waals surface area contributed by atoms with Crippen LogP contribution in [0.25, 0.3) is 11.0 Å². The zero-order valence-electron chi connectivity index (χ0n) is 9.67. The van der Waals surface area contributed by atoms with Gasteiger partial charge in [-0.2, -0.15) is 10.2 Å². The van der Waals surface area contributed by atoms with Gasteiger partial charge in [0.15, 0.2) is 5.75 Å². The van der Waals surface area contributed by atoms with Crippen LogP contribution in [0.3, 0.4) is 0 Å². The molecule has 2 aromatic heterocycles. The molecule has 0 saturated heterocycles. The number of halogens is 2. The summed E-state index contributed by atoms with van der Waals surface area (Å²) in [5.41, 5.74) is 0.517. The number of hydrogen-bond acceptors (Lipinski definition) is 6. The quantitative estimate of drug-likeness (QED) is 0.719. The summed E-state index contributed by atoms with van der Waals surface area (Å²) in [5, 5.41) is 16.6. The number of rotatable bonds is 2. The first-order chi connectivity index (χ1) is 9.69. The normalized spacial score (nSPS) is 10.4. The number of ether oxygens (including phenoxy) is 1. The van der Waals surface area contributed by atoms with Crippen molar-refractivity contribution in [2.24, 2.45) is 0 Å². The maximum atomic E-state index is 9.09. The Bertz CT molecular complexity index is 841. The first-order valence-electron chi connectivity index (χ1n) is 5.34. The van der Waals surface area contributed by atoms with Crippen molar-refractivity contribution in [2.45, 2.75) is 0 Å². The van der Waals surface area contributed by atoms with Gasteiger partial charge in [-0.25, -0.2) is 0 Å². The van der Waals surface area contributed by atoms with Crippen molar-refractivity contribution in [1.29, 1.82) is 5.26 Å². The van der Waals surface area contributed by atoms with Gasteiger partial charge in [-0.1, -0.05) is 23.7 Å². The van der Waals surface area contributed by atoms with E-state index in [9.17, 15) is 0 Å². The summed E-state index contributed by atoms with van der Waals surface area (Å²) < 4.78 is 10.9. The van der Waals surface area contributed by atoms with Crippen molar-refractivity contribution in [3.8, 4) is 17.7 Å². The van der Waals surface area contributed by atoms with E-state index in [1.807, 2.05) is 6.07 Å². The van der Waals surface area contributed by atoms with Crippen LogP contribution in [0.4, 0.5) is 0 Å². The number of nitrogens with zero attached hydrogens (tertiary/aromatic N) is 4. The topological polar surface area (TPSA) is 84.8 Å². The minimum atomic E-state index is -0.115. The predicted molar refractivity (Wildman–Crippen MR) is 70.9 cm³/mol. The smallest absolute Gasteiger partial charge is 0.262 e. The standard InChI is InChI=1S/C12H4Cl2N4O2/c13-10-11(16-12(14)18-17-10)20-9-6-3-1-2-4-7(6)19-8(9)5-15/h1-4H. The molecule has 0 N–H and O–H groups in total. The molecule has 0 aliphatic rings. The molecule has 3 aromatic rings. The monoisotopic (exact) mass is 306 g/mol. The third-order valence-electron chi connectivity index (χ3n) is 2.44. The highest BCUT2D eigenvalue weighted by Crippen LogP contribution is 2.36. The van der Waals surface area contributed by atoms with Crippen molar-refractivity contribution in [2.75, 3.05) is 0 Å². The molecule has 1 aromatic carbocycles. The van der Waals surface area contributed by atoms with Gasteiger partial charge < -0.3 is 9.15 Å². The van der Waals surface area contributed by atoms with Gasteiger partial charge in [0.2, 0.25) is 16.2 Å². The first-order valence-corrected chi connectivity index (χ1v) is 6.10. The number of aromatic nitrogens is 3. The van der Waals surface area contributed by atoms with E-state index < -0.39 is 0 Å². The van der Waals surface area contributed by atoms with E-state index in [2.05, 4.69) is 15.2 Å². The molecule has 2 heterocycles. The number of fused-ring (bicyclic) bond motifs is 1. The highest BCUT2D eigenvalue weighted by Gasteiger charge is 2.18. The minimum Gasteiger partial charge on any atom is -0.442 e. The molecule has 0 aliphatic carbocycles. The van der Waals surface area contributed by atoms with Gasteiger partial charge in [-0.3, -0.25) is 0 Å². The Morgan fingerprint density at radius 1 is 1.20 bits per heavy atom. The molecule has 3 rings (SSSR count). The average Bonchev–Trinajstić information content (AvgIpc) is 2.81. The summed E-state index contributed by atoms with van der Waals surface area (Å²) in [6.45, 7) is 0. The molecule has 0 aliphatic heterocycles. The lowest BCUT2D eigenvalue weighted by Gasteiger charge is -2.03. The fourth-order valence-electron chi connectivity index (χ4n) is 1.64.